The van der Waals surface area contributed by atoms with Gasteiger partial charge in [-0.2, -0.15) is 0 Å². The van der Waals surface area contributed by atoms with Crippen LogP contribution in [0.2, 0.25) is 5.02 Å². The molecule has 2 aromatic heterocycles. The van der Waals surface area contributed by atoms with E-state index >= 15 is 0 Å². The Morgan fingerprint density at radius 1 is 1.06 bits per heavy atom. The molecule has 0 saturated carbocycles. The van der Waals surface area contributed by atoms with E-state index in [0.29, 0.717) is 34.2 Å². The number of imidazole rings is 1. The number of nitrogens with one attached hydrogen (secondary N) is 2. The summed E-state index contributed by atoms with van der Waals surface area (Å²) in [6.45, 7) is 4.41. The van der Waals surface area contributed by atoms with Gasteiger partial charge in [0, 0.05) is 10.7 Å². The number of halogens is 1. The van der Waals surface area contributed by atoms with Crippen LogP contribution in [0.15, 0.2) is 54.6 Å². The Kier molecular flexibility index (Phi) is 5.77. The summed E-state index contributed by atoms with van der Waals surface area (Å²) in [4.78, 5) is 21.8. The SMILES string of the molecule is COc1cccc(Cn2c(C)nc3cc(NC(=O)Nc4cccc(Cl)c4)c(C)nc32)c1. The van der Waals surface area contributed by atoms with Crippen LogP contribution in [0.25, 0.3) is 11.2 Å². The summed E-state index contributed by atoms with van der Waals surface area (Å²) in [6.07, 6.45) is 0. The number of fused-ring (bicyclic) bond motifs is 1. The molecule has 31 heavy (non-hydrogen) atoms. The lowest BCUT2D eigenvalue weighted by atomic mass is 10.2. The van der Waals surface area contributed by atoms with Crippen LogP contribution in [0.1, 0.15) is 17.1 Å². The second kappa shape index (κ2) is 8.65. The third-order valence-electron chi connectivity index (χ3n) is 4.91. The molecule has 0 atom stereocenters. The molecule has 0 bridgehead atoms. The van der Waals surface area contributed by atoms with Crippen molar-refractivity contribution >= 4 is 40.2 Å². The van der Waals surface area contributed by atoms with Crippen molar-refractivity contribution in [3.8, 4) is 5.75 Å². The van der Waals surface area contributed by atoms with E-state index in [1.807, 2.05) is 48.7 Å². The minimum Gasteiger partial charge on any atom is -0.497 e. The number of carbonyl (C=O) groups is 1. The standard InChI is InChI=1S/C23H22ClN5O2/c1-14-20(28-23(30)27-18-8-5-7-17(24)11-18)12-21-22(25-14)29(15(2)26-21)13-16-6-4-9-19(10-16)31-3/h4-12H,13H2,1-3H3,(H2,27,28,30). The Labute approximate surface area is 185 Å². The zero-order valence-corrected chi connectivity index (χ0v) is 18.2. The van der Waals surface area contributed by atoms with E-state index < -0.39 is 0 Å². The molecular formula is C23H22ClN5O2. The summed E-state index contributed by atoms with van der Waals surface area (Å²) in [5.74, 6) is 1.64. The van der Waals surface area contributed by atoms with Gasteiger partial charge in [0.25, 0.3) is 0 Å². The molecule has 0 fully saturated rings. The van der Waals surface area contributed by atoms with Gasteiger partial charge in [0.05, 0.1) is 25.0 Å². The minimum absolute atomic E-state index is 0.376. The van der Waals surface area contributed by atoms with Crippen molar-refractivity contribution in [1.29, 1.82) is 0 Å². The van der Waals surface area contributed by atoms with Gasteiger partial charge in [-0.05, 0) is 55.8 Å². The fraction of sp³-hybridized carbons (Fsp3) is 0.174. The highest BCUT2D eigenvalue weighted by Crippen LogP contribution is 2.24. The van der Waals surface area contributed by atoms with Crippen LogP contribution in [-0.2, 0) is 6.54 Å². The molecule has 0 aliphatic rings. The number of anilines is 2. The van der Waals surface area contributed by atoms with Gasteiger partial charge in [-0.1, -0.05) is 29.8 Å². The third kappa shape index (κ3) is 4.62. The van der Waals surface area contributed by atoms with Crippen molar-refractivity contribution in [3.05, 3.63) is 76.7 Å². The summed E-state index contributed by atoms with van der Waals surface area (Å²) < 4.78 is 7.37. The first-order chi connectivity index (χ1) is 14.9. The lowest BCUT2D eigenvalue weighted by molar-refractivity contribution is 0.262. The number of hydrogen-bond donors (Lipinski definition) is 2. The largest absolute Gasteiger partial charge is 0.497 e. The van der Waals surface area contributed by atoms with Crippen LogP contribution >= 0.6 is 11.6 Å². The first kappa shape index (κ1) is 20.7. The van der Waals surface area contributed by atoms with Crippen LogP contribution in [0.4, 0.5) is 16.2 Å². The molecular weight excluding hydrogens is 414 g/mol. The second-order valence-electron chi connectivity index (χ2n) is 7.15. The molecule has 0 aliphatic heterocycles. The molecule has 0 unspecified atom stereocenters. The fourth-order valence-corrected chi connectivity index (χ4v) is 3.56. The van der Waals surface area contributed by atoms with Crippen molar-refractivity contribution in [3.63, 3.8) is 0 Å². The second-order valence-corrected chi connectivity index (χ2v) is 7.59. The Morgan fingerprint density at radius 3 is 2.65 bits per heavy atom. The quantitative estimate of drug-likeness (QED) is 0.439. The summed E-state index contributed by atoms with van der Waals surface area (Å²) in [5.41, 5.74) is 4.46. The first-order valence-electron chi connectivity index (χ1n) is 9.74. The van der Waals surface area contributed by atoms with Crippen LogP contribution in [0.5, 0.6) is 5.75 Å². The number of amides is 2. The predicted octanol–water partition coefficient (Wildman–Crippen LogP) is 5.40. The summed E-state index contributed by atoms with van der Waals surface area (Å²) in [7, 11) is 1.65. The minimum atomic E-state index is -0.376. The molecule has 2 amide bonds. The highest BCUT2D eigenvalue weighted by atomic mass is 35.5. The smallest absolute Gasteiger partial charge is 0.323 e. The topological polar surface area (TPSA) is 81.1 Å². The number of rotatable bonds is 5. The number of carbonyl (C=O) groups excluding carboxylic acids is 1. The van der Waals surface area contributed by atoms with Crippen molar-refractivity contribution < 1.29 is 9.53 Å². The zero-order chi connectivity index (χ0) is 22.0. The van der Waals surface area contributed by atoms with E-state index in [4.69, 9.17) is 21.3 Å². The lowest BCUT2D eigenvalue weighted by Crippen LogP contribution is -2.20. The number of nitrogens with zero attached hydrogens (tertiary/aromatic N) is 3. The Bertz CT molecular complexity index is 1270. The van der Waals surface area contributed by atoms with Gasteiger partial charge in [0.1, 0.15) is 17.1 Å². The van der Waals surface area contributed by atoms with Gasteiger partial charge in [-0.25, -0.2) is 14.8 Å². The van der Waals surface area contributed by atoms with Crippen LogP contribution in [-0.4, -0.2) is 27.7 Å². The number of aryl methyl sites for hydroxylation is 2. The number of ether oxygens (including phenoxy) is 1. The number of urea groups is 1. The highest BCUT2D eigenvalue weighted by Gasteiger charge is 2.14. The fourth-order valence-electron chi connectivity index (χ4n) is 3.37. The van der Waals surface area contributed by atoms with Crippen LogP contribution < -0.4 is 15.4 Å². The summed E-state index contributed by atoms with van der Waals surface area (Å²) in [5, 5.41) is 6.16. The number of pyridine rings is 1. The molecule has 4 rings (SSSR count). The number of methoxy groups -OCH3 is 1. The monoisotopic (exact) mass is 435 g/mol. The number of hydrogen-bond acceptors (Lipinski definition) is 4. The van der Waals surface area contributed by atoms with E-state index in [-0.39, 0.29) is 6.03 Å². The maximum Gasteiger partial charge on any atom is 0.323 e. The summed E-state index contributed by atoms with van der Waals surface area (Å²) >= 11 is 5.97. The van der Waals surface area contributed by atoms with Crippen molar-refractivity contribution in [2.75, 3.05) is 17.7 Å². The molecule has 0 saturated heterocycles. The van der Waals surface area contributed by atoms with Gasteiger partial charge in [0.2, 0.25) is 0 Å². The molecule has 4 aromatic rings. The van der Waals surface area contributed by atoms with E-state index in [9.17, 15) is 4.79 Å². The molecule has 8 heteroatoms. The molecule has 0 spiro atoms. The third-order valence-corrected chi connectivity index (χ3v) is 5.14. The Balaban J connectivity index is 1.58. The van der Waals surface area contributed by atoms with Crippen molar-refractivity contribution in [2.24, 2.45) is 0 Å². The van der Waals surface area contributed by atoms with Gasteiger partial charge >= 0.3 is 6.03 Å². The average Bonchev–Trinajstić information content (AvgIpc) is 3.02. The average molecular weight is 436 g/mol. The number of aromatic nitrogens is 3. The van der Waals surface area contributed by atoms with E-state index in [1.54, 1.807) is 31.4 Å². The van der Waals surface area contributed by atoms with Crippen molar-refractivity contribution in [1.82, 2.24) is 14.5 Å². The van der Waals surface area contributed by atoms with E-state index in [1.165, 1.54) is 0 Å². The van der Waals surface area contributed by atoms with Crippen LogP contribution in [0, 0.1) is 13.8 Å². The normalized spacial score (nSPS) is 10.8. The van der Waals surface area contributed by atoms with E-state index in [0.717, 1.165) is 22.8 Å². The Hall–Kier alpha value is -3.58. The molecule has 7 nitrogen and oxygen atoms in total. The zero-order valence-electron chi connectivity index (χ0n) is 17.4. The maximum atomic E-state index is 12.4. The van der Waals surface area contributed by atoms with E-state index in [2.05, 4.69) is 15.6 Å². The van der Waals surface area contributed by atoms with Gasteiger partial charge < -0.3 is 19.9 Å². The van der Waals surface area contributed by atoms with Crippen LogP contribution in [0.3, 0.4) is 0 Å². The molecule has 2 N–H and O–H groups in total. The summed E-state index contributed by atoms with van der Waals surface area (Å²) in [6, 6.07) is 16.3. The molecule has 2 aromatic carbocycles. The Morgan fingerprint density at radius 2 is 1.87 bits per heavy atom. The molecule has 158 valence electrons. The van der Waals surface area contributed by atoms with Crippen molar-refractivity contribution in [2.45, 2.75) is 20.4 Å². The molecule has 0 aliphatic carbocycles. The maximum absolute atomic E-state index is 12.4. The van der Waals surface area contributed by atoms with Gasteiger partial charge in [-0.3, -0.25) is 0 Å². The first-order valence-corrected chi connectivity index (χ1v) is 10.1. The number of benzene rings is 2. The lowest BCUT2D eigenvalue weighted by Gasteiger charge is -2.11. The molecule has 0 radical (unpaired) electrons. The molecule has 2 heterocycles. The predicted molar refractivity (Wildman–Crippen MR) is 123 cm³/mol. The highest BCUT2D eigenvalue weighted by molar-refractivity contribution is 6.30. The van der Waals surface area contributed by atoms with Gasteiger partial charge in [0.15, 0.2) is 5.65 Å². The van der Waals surface area contributed by atoms with Gasteiger partial charge in [-0.15, -0.1) is 0 Å².